The molecule has 0 spiro atoms. The molecule has 14 heavy (non-hydrogen) atoms. The van der Waals surface area contributed by atoms with Crippen molar-refractivity contribution in [1.82, 2.24) is 0 Å². The van der Waals surface area contributed by atoms with E-state index in [0.29, 0.717) is 18.1 Å². The van der Waals surface area contributed by atoms with Crippen molar-refractivity contribution in [3.05, 3.63) is 11.3 Å². The first kappa shape index (κ1) is 13.0. The Morgan fingerprint density at radius 1 is 1.57 bits per heavy atom. The van der Waals surface area contributed by atoms with Crippen LogP contribution in [0.15, 0.2) is 11.3 Å². The molecule has 4 nitrogen and oxygen atoms in total. The van der Waals surface area contributed by atoms with Gasteiger partial charge in [0.25, 0.3) is 6.47 Å². The Balaban J connectivity index is 0.000000364. The summed E-state index contributed by atoms with van der Waals surface area (Å²) < 4.78 is 3.86. The molecule has 2 atom stereocenters. The van der Waals surface area contributed by atoms with Gasteiger partial charge in [0.1, 0.15) is 0 Å². The lowest BCUT2D eigenvalue weighted by Gasteiger charge is -2.23. The third-order valence-electron chi connectivity index (χ3n) is 2.22. The third-order valence-corrected chi connectivity index (χ3v) is 2.22. The first-order chi connectivity index (χ1) is 6.52. The number of carbonyl (C=O) groups is 1. The van der Waals surface area contributed by atoms with E-state index in [1.165, 1.54) is 7.11 Å². The fraction of sp³-hybridized carbons (Fsp3) is 0.700. The van der Waals surface area contributed by atoms with E-state index >= 15 is 0 Å². The molecule has 1 aliphatic carbocycles. The Labute approximate surface area is 84.2 Å². The molecule has 0 amide bonds. The molecule has 0 bridgehead atoms. The summed E-state index contributed by atoms with van der Waals surface area (Å²) in [5.74, 6) is 0.796. The van der Waals surface area contributed by atoms with Gasteiger partial charge in [0.15, 0.2) is 0 Å². The Morgan fingerprint density at radius 2 is 2.07 bits per heavy atom. The van der Waals surface area contributed by atoms with Gasteiger partial charge in [-0.25, -0.2) is 0 Å². The minimum Gasteiger partial charge on any atom is -0.512 e. The van der Waals surface area contributed by atoms with E-state index < -0.39 is 6.10 Å². The zero-order chi connectivity index (χ0) is 11.1. The van der Waals surface area contributed by atoms with Crippen LogP contribution in [-0.4, -0.2) is 29.9 Å². The van der Waals surface area contributed by atoms with Gasteiger partial charge in [0.2, 0.25) is 0 Å². The van der Waals surface area contributed by atoms with E-state index in [1.54, 1.807) is 6.92 Å². The summed E-state index contributed by atoms with van der Waals surface area (Å²) in [5.41, 5.74) is 0.748. The molecule has 0 aromatic rings. The lowest BCUT2D eigenvalue weighted by Crippen LogP contribution is -2.20. The van der Waals surface area contributed by atoms with Gasteiger partial charge in [-0.05, 0) is 24.8 Å². The summed E-state index contributed by atoms with van der Waals surface area (Å²) in [6.07, 6.45) is 1.10. The van der Waals surface area contributed by atoms with E-state index in [4.69, 9.17) is 4.79 Å². The van der Waals surface area contributed by atoms with Gasteiger partial charge in [0.05, 0.1) is 19.0 Å². The van der Waals surface area contributed by atoms with Gasteiger partial charge in [-0.1, -0.05) is 6.92 Å². The molecule has 0 fully saturated rings. The van der Waals surface area contributed by atoms with Crippen molar-refractivity contribution in [3.63, 3.8) is 0 Å². The van der Waals surface area contributed by atoms with Crippen molar-refractivity contribution in [2.24, 2.45) is 5.92 Å². The first-order valence-corrected chi connectivity index (χ1v) is 4.56. The van der Waals surface area contributed by atoms with Crippen LogP contribution in [-0.2, 0) is 9.53 Å². The lowest BCUT2D eigenvalue weighted by molar-refractivity contribution is -0.126. The molecule has 0 radical (unpaired) electrons. The highest BCUT2D eigenvalue weighted by Gasteiger charge is 2.21. The first-order valence-electron chi connectivity index (χ1n) is 4.56. The molecule has 1 aliphatic rings. The fourth-order valence-electron chi connectivity index (χ4n) is 1.32. The van der Waals surface area contributed by atoms with Crippen molar-refractivity contribution in [2.75, 3.05) is 7.11 Å². The quantitative estimate of drug-likeness (QED) is 0.631. The Morgan fingerprint density at radius 3 is 2.43 bits per heavy atom. The normalized spacial score (nSPS) is 26.3. The number of aliphatic hydroxyl groups is 2. The Hall–Kier alpha value is -1.03. The summed E-state index contributed by atoms with van der Waals surface area (Å²) in [7, 11) is 1.31. The summed E-state index contributed by atoms with van der Waals surface area (Å²) in [6.45, 7) is 4.19. The summed E-state index contributed by atoms with van der Waals surface area (Å²) in [5, 5.41) is 18.5. The summed E-state index contributed by atoms with van der Waals surface area (Å²) in [6, 6.07) is 0. The van der Waals surface area contributed by atoms with Gasteiger partial charge in [-0.2, -0.15) is 0 Å². The van der Waals surface area contributed by atoms with E-state index in [2.05, 4.69) is 4.74 Å². The monoisotopic (exact) mass is 202 g/mol. The number of ether oxygens (including phenoxy) is 1. The molecular weight excluding hydrogens is 184 g/mol. The average Bonchev–Trinajstić information content (AvgIpc) is 2.14. The van der Waals surface area contributed by atoms with Crippen LogP contribution in [0.4, 0.5) is 0 Å². The van der Waals surface area contributed by atoms with Crippen LogP contribution in [0.3, 0.4) is 0 Å². The van der Waals surface area contributed by atoms with Gasteiger partial charge < -0.3 is 14.9 Å². The molecule has 1 rings (SSSR count). The zero-order valence-electron chi connectivity index (χ0n) is 8.86. The SMILES string of the molecule is CC1=C(O)CC(C)CC1O.COC=O. The second kappa shape index (κ2) is 6.43. The van der Waals surface area contributed by atoms with Crippen molar-refractivity contribution in [1.29, 1.82) is 0 Å². The standard InChI is InChI=1S/C8H14O2.C2H4O2/c1-5-3-7(9)6(2)8(10)4-5;1-4-2-3/h5,7,9-10H,3-4H2,1-2H3;2H,1H3. The smallest absolute Gasteiger partial charge is 0.292 e. The highest BCUT2D eigenvalue weighted by Crippen LogP contribution is 2.27. The maximum atomic E-state index is 9.30. The Kier molecular flexibility index (Phi) is 5.95. The maximum absolute atomic E-state index is 9.30. The number of hydrogen-bond acceptors (Lipinski definition) is 4. The molecule has 0 aliphatic heterocycles. The van der Waals surface area contributed by atoms with Crippen molar-refractivity contribution < 1.29 is 19.7 Å². The number of hydrogen-bond donors (Lipinski definition) is 2. The van der Waals surface area contributed by atoms with E-state index in [0.717, 1.165) is 18.4 Å². The maximum Gasteiger partial charge on any atom is 0.292 e. The van der Waals surface area contributed by atoms with Gasteiger partial charge in [-0.15, -0.1) is 0 Å². The topological polar surface area (TPSA) is 66.8 Å². The van der Waals surface area contributed by atoms with Crippen LogP contribution >= 0.6 is 0 Å². The largest absolute Gasteiger partial charge is 0.512 e. The Bertz CT molecular complexity index is 210. The molecular formula is C10H18O4. The molecule has 4 heteroatoms. The van der Waals surface area contributed by atoms with Crippen LogP contribution in [0.1, 0.15) is 26.7 Å². The highest BCUT2D eigenvalue weighted by atomic mass is 16.5. The van der Waals surface area contributed by atoms with Crippen molar-refractivity contribution in [2.45, 2.75) is 32.8 Å². The van der Waals surface area contributed by atoms with Crippen LogP contribution in [0.25, 0.3) is 0 Å². The molecule has 0 saturated carbocycles. The summed E-state index contributed by atoms with van der Waals surface area (Å²) >= 11 is 0. The molecule has 2 N–H and O–H groups in total. The fourth-order valence-corrected chi connectivity index (χ4v) is 1.32. The van der Waals surface area contributed by atoms with Crippen LogP contribution in [0.2, 0.25) is 0 Å². The minimum absolute atomic E-state index is 0.375. The predicted octanol–water partition coefficient (Wildman–Crippen LogP) is 1.40. The van der Waals surface area contributed by atoms with Crippen LogP contribution < -0.4 is 0 Å². The molecule has 2 unspecified atom stereocenters. The van der Waals surface area contributed by atoms with E-state index in [1.807, 2.05) is 6.92 Å². The van der Waals surface area contributed by atoms with Gasteiger partial charge in [0, 0.05) is 6.42 Å². The summed E-state index contributed by atoms with van der Waals surface area (Å²) in [4.78, 5) is 8.95. The van der Waals surface area contributed by atoms with Crippen molar-refractivity contribution >= 4 is 6.47 Å². The molecule has 82 valence electrons. The van der Waals surface area contributed by atoms with Crippen LogP contribution in [0, 0.1) is 5.92 Å². The number of rotatable bonds is 1. The van der Waals surface area contributed by atoms with E-state index in [9.17, 15) is 10.2 Å². The molecule has 0 saturated heterocycles. The molecule has 0 aromatic carbocycles. The highest BCUT2D eigenvalue weighted by molar-refractivity contribution is 5.36. The lowest BCUT2D eigenvalue weighted by atomic mass is 9.88. The number of methoxy groups -OCH3 is 1. The number of allylic oxidation sites excluding steroid dienone is 1. The predicted molar refractivity (Wildman–Crippen MR) is 52.8 cm³/mol. The molecule has 0 aromatic heterocycles. The zero-order valence-corrected chi connectivity index (χ0v) is 8.86. The van der Waals surface area contributed by atoms with E-state index in [-0.39, 0.29) is 0 Å². The second-order valence-electron chi connectivity index (χ2n) is 3.52. The minimum atomic E-state index is -0.413. The van der Waals surface area contributed by atoms with Gasteiger partial charge in [-0.3, -0.25) is 4.79 Å². The molecule has 0 heterocycles. The van der Waals surface area contributed by atoms with Crippen LogP contribution in [0.5, 0.6) is 0 Å². The second-order valence-corrected chi connectivity index (χ2v) is 3.52. The van der Waals surface area contributed by atoms with Gasteiger partial charge >= 0.3 is 0 Å². The third kappa shape index (κ3) is 4.28. The average molecular weight is 202 g/mol. The number of aliphatic hydroxyl groups excluding tert-OH is 2. The number of carbonyl (C=O) groups excluding carboxylic acids is 1. The van der Waals surface area contributed by atoms with Crippen molar-refractivity contribution in [3.8, 4) is 0 Å².